The largest absolute Gasteiger partial charge is 0.322 e. The third-order valence-corrected chi connectivity index (χ3v) is 5.07. The van der Waals surface area contributed by atoms with Crippen molar-refractivity contribution in [1.29, 1.82) is 5.26 Å². The van der Waals surface area contributed by atoms with Gasteiger partial charge in [-0.2, -0.15) is 5.26 Å². The van der Waals surface area contributed by atoms with E-state index < -0.39 is 15.9 Å². The van der Waals surface area contributed by atoms with Crippen molar-refractivity contribution in [3.05, 3.63) is 58.6 Å². The number of halogens is 1. The van der Waals surface area contributed by atoms with Gasteiger partial charge < -0.3 is 5.32 Å². The van der Waals surface area contributed by atoms with Gasteiger partial charge in [-0.25, -0.2) is 8.42 Å². The Morgan fingerprint density at radius 3 is 2.40 bits per heavy atom. The molecule has 0 heterocycles. The summed E-state index contributed by atoms with van der Waals surface area (Å²) in [5, 5.41) is 11.5. The molecule has 0 saturated heterocycles. The highest BCUT2D eigenvalue weighted by molar-refractivity contribution is 7.92. The number of rotatable bonds is 5. The smallest absolute Gasteiger partial charge is 0.257 e. The van der Waals surface area contributed by atoms with Crippen LogP contribution in [-0.4, -0.2) is 27.6 Å². The van der Waals surface area contributed by atoms with Gasteiger partial charge in [0.05, 0.1) is 35.0 Å². The summed E-state index contributed by atoms with van der Waals surface area (Å²) in [4.78, 5) is 12.3. The maximum atomic E-state index is 12.3. The molecular weight excluding hydrogens is 362 g/mol. The van der Waals surface area contributed by atoms with Crippen LogP contribution in [0.2, 0.25) is 5.02 Å². The highest BCUT2D eigenvalue weighted by atomic mass is 35.5. The first-order chi connectivity index (χ1) is 11.7. The van der Waals surface area contributed by atoms with E-state index in [1.165, 1.54) is 25.2 Å². The first kappa shape index (κ1) is 18.8. The van der Waals surface area contributed by atoms with Gasteiger partial charge in [-0.05, 0) is 35.9 Å². The van der Waals surface area contributed by atoms with E-state index in [1.54, 1.807) is 24.3 Å². The molecule has 6 nitrogen and oxygen atoms in total. The first-order valence-corrected chi connectivity index (χ1v) is 9.45. The minimum absolute atomic E-state index is 0.145. The molecule has 0 radical (unpaired) electrons. The van der Waals surface area contributed by atoms with Crippen LogP contribution in [0.25, 0.3) is 0 Å². The van der Waals surface area contributed by atoms with Crippen molar-refractivity contribution in [3.8, 4) is 6.07 Å². The van der Waals surface area contributed by atoms with Crippen LogP contribution in [0.15, 0.2) is 42.5 Å². The molecule has 0 saturated carbocycles. The molecule has 0 atom stereocenters. The molecule has 8 heteroatoms. The minimum Gasteiger partial charge on any atom is -0.322 e. The van der Waals surface area contributed by atoms with Crippen molar-refractivity contribution < 1.29 is 13.2 Å². The lowest BCUT2D eigenvalue weighted by molar-refractivity contribution is 0.102. The summed E-state index contributed by atoms with van der Waals surface area (Å²) < 4.78 is 24.2. The zero-order valence-corrected chi connectivity index (χ0v) is 15.2. The Kier molecular flexibility index (Phi) is 5.67. The highest BCUT2D eigenvalue weighted by Crippen LogP contribution is 2.25. The average Bonchev–Trinajstić information content (AvgIpc) is 2.55. The summed E-state index contributed by atoms with van der Waals surface area (Å²) in [5.74, 6) is -0.411. The Labute approximate surface area is 151 Å². The molecule has 130 valence electrons. The van der Waals surface area contributed by atoms with Crippen LogP contribution in [0.5, 0.6) is 0 Å². The molecule has 2 rings (SSSR count). The summed E-state index contributed by atoms with van der Waals surface area (Å²) in [6.45, 7) is 0. The number of carbonyl (C=O) groups excluding carboxylic acids is 1. The fourth-order valence-electron chi connectivity index (χ4n) is 2.07. The molecule has 0 spiro atoms. The number of nitriles is 1. The quantitative estimate of drug-likeness (QED) is 0.866. The second-order valence-corrected chi connectivity index (χ2v) is 7.80. The lowest BCUT2D eigenvalue weighted by atomic mass is 10.1. The second-order valence-electron chi connectivity index (χ2n) is 5.38. The Balaban J connectivity index is 2.18. The molecule has 0 aliphatic heterocycles. The van der Waals surface area contributed by atoms with Crippen LogP contribution in [0.3, 0.4) is 0 Å². The van der Waals surface area contributed by atoms with Gasteiger partial charge in [0.25, 0.3) is 5.91 Å². The van der Waals surface area contributed by atoms with Gasteiger partial charge in [-0.15, -0.1) is 0 Å². The molecule has 1 amide bonds. The van der Waals surface area contributed by atoms with Gasteiger partial charge >= 0.3 is 0 Å². The molecule has 0 aromatic heterocycles. The van der Waals surface area contributed by atoms with Crippen LogP contribution >= 0.6 is 11.6 Å². The van der Waals surface area contributed by atoms with Gasteiger partial charge in [0, 0.05) is 12.7 Å². The van der Waals surface area contributed by atoms with Crippen LogP contribution in [0.4, 0.5) is 11.4 Å². The number of anilines is 2. The summed E-state index contributed by atoms with van der Waals surface area (Å²) in [6.07, 6.45) is 1.38. The predicted molar refractivity (Wildman–Crippen MR) is 98.4 cm³/mol. The van der Waals surface area contributed by atoms with Gasteiger partial charge in [-0.3, -0.25) is 9.10 Å². The number of nitrogens with zero attached hydrogens (tertiary/aromatic N) is 2. The summed E-state index contributed by atoms with van der Waals surface area (Å²) in [7, 11) is -2.01. The normalized spacial score (nSPS) is 10.8. The van der Waals surface area contributed by atoms with E-state index >= 15 is 0 Å². The molecule has 0 bridgehead atoms. The van der Waals surface area contributed by atoms with Crippen molar-refractivity contribution in [2.24, 2.45) is 0 Å². The predicted octanol–water partition coefficient (Wildman–Crippen LogP) is 3.05. The van der Waals surface area contributed by atoms with Gasteiger partial charge in [0.2, 0.25) is 10.0 Å². The molecule has 0 aliphatic carbocycles. The molecule has 1 N–H and O–H groups in total. The zero-order valence-electron chi connectivity index (χ0n) is 13.7. The number of sulfonamides is 1. The van der Waals surface area contributed by atoms with Crippen molar-refractivity contribution in [1.82, 2.24) is 0 Å². The Bertz CT molecular complexity index is 935. The number of hydrogen-bond donors (Lipinski definition) is 1. The third-order valence-electron chi connectivity index (χ3n) is 3.55. The number of nitrogens with one attached hydrogen (secondary N) is 1. The van der Waals surface area contributed by atoms with Crippen LogP contribution in [0, 0.1) is 11.3 Å². The number of amides is 1. The number of hydrogen-bond acceptors (Lipinski definition) is 4. The molecule has 0 aliphatic rings. The van der Waals surface area contributed by atoms with E-state index in [4.69, 9.17) is 16.9 Å². The van der Waals surface area contributed by atoms with Crippen molar-refractivity contribution in [2.45, 2.75) is 6.42 Å². The monoisotopic (exact) mass is 377 g/mol. The fraction of sp³-hybridized carbons (Fsp3) is 0.176. The molecule has 0 fully saturated rings. The van der Waals surface area contributed by atoms with Crippen LogP contribution in [0.1, 0.15) is 15.9 Å². The number of carbonyl (C=O) groups is 1. The SMILES string of the molecule is CN(c1ccc(C(=O)Nc2ccc(CC#N)cc2)c(Cl)c1)S(C)(=O)=O. The van der Waals surface area contributed by atoms with Crippen LogP contribution in [-0.2, 0) is 16.4 Å². The van der Waals surface area contributed by atoms with E-state index in [0.717, 1.165) is 16.1 Å². The van der Waals surface area contributed by atoms with Gasteiger partial charge in [0.1, 0.15) is 0 Å². The van der Waals surface area contributed by atoms with E-state index in [9.17, 15) is 13.2 Å². The summed E-state index contributed by atoms with van der Waals surface area (Å²) in [6, 6.07) is 13.4. The zero-order chi connectivity index (χ0) is 18.6. The fourth-order valence-corrected chi connectivity index (χ4v) is 2.83. The standard InChI is InChI=1S/C17H16ClN3O3S/c1-21(25(2,23)24)14-7-8-15(16(18)11-14)17(22)20-13-5-3-12(4-6-13)9-10-19/h3-8,11H,9H2,1-2H3,(H,20,22). The molecular formula is C17H16ClN3O3S. The van der Waals surface area contributed by atoms with Crippen molar-refractivity contribution >= 4 is 38.9 Å². The van der Waals surface area contributed by atoms with Crippen molar-refractivity contribution in [2.75, 3.05) is 22.9 Å². The Morgan fingerprint density at radius 2 is 1.88 bits per heavy atom. The van der Waals surface area contributed by atoms with Gasteiger partial charge in [-0.1, -0.05) is 23.7 Å². The van der Waals surface area contributed by atoms with Gasteiger partial charge in [0.15, 0.2) is 0 Å². The minimum atomic E-state index is -3.41. The van der Waals surface area contributed by atoms with Crippen molar-refractivity contribution in [3.63, 3.8) is 0 Å². The third kappa shape index (κ3) is 4.72. The lowest BCUT2D eigenvalue weighted by Crippen LogP contribution is -2.25. The molecule has 0 unspecified atom stereocenters. The average molecular weight is 378 g/mol. The second kappa shape index (κ2) is 7.55. The summed E-state index contributed by atoms with van der Waals surface area (Å²) in [5.41, 5.74) is 2.02. The number of benzene rings is 2. The van der Waals surface area contributed by atoms with Crippen LogP contribution < -0.4 is 9.62 Å². The maximum absolute atomic E-state index is 12.3. The Morgan fingerprint density at radius 1 is 1.24 bits per heavy atom. The Hall–Kier alpha value is -2.56. The summed E-state index contributed by atoms with van der Waals surface area (Å²) >= 11 is 6.13. The highest BCUT2D eigenvalue weighted by Gasteiger charge is 2.16. The van der Waals surface area contributed by atoms with E-state index in [1.807, 2.05) is 0 Å². The van der Waals surface area contributed by atoms with E-state index in [-0.39, 0.29) is 10.6 Å². The lowest BCUT2D eigenvalue weighted by Gasteiger charge is -2.17. The topological polar surface area (TPSA) is 90.3 Å². The molecule has 25 heavy (non-hydrogen) atoms. The molecule has 2 aromatic rings. The van der Waals surface area contributed by atoms with E-state index in [0.29, 0.717) is 17.8 Å². The molecule has 2 aromatic carbocycles. The first-order valence-electron chi connectivity index (χ1n) is 7.23. The van der Waals surface area contributed by atoms with E-state index in [2.05, 4.69) is 11.4 Å². The maximum Gasteiger partial charge on any atom is 0.257 e.